The van der Waals surface area contributed by atoms with Gasteiger partial charge in [-0.05, 0) is 55.3 Å². The zero-order valence-corrected chi connectivity index (χ0v) is 20.8. The molecule has 2 aromatic carbocycles. The molecular weight excluding hydrogens is 464 g/mol. The Balaban J connectivity index is 1.21. The van der Waals surface area contributed by atoms with E-state index < -0.39 is 0 Å². The van der Waals surface area contributed by atoms with E-state index >= 15 is 0 Å². The SMILES string of the molecule is CC(C)Oc1cc(CN2CCN(Cc3ccc4c(c3)OCO4)CC2)cc(C(=O)Nc2nccs2)c1. The lowest BCUT2D eigenvalue weighted by Crippen LogP contribution is -2.45. The maximum Gasteiger partial charge on any atom is 0.257 e. The van der Waals surface area contributed by atoms with Gasteiger partial charge in [0, 0.05) is 56.4 Å². The van der Waals surface area contributed by atoms with Crippen LogP contribution in [0.15, 0.2) is 48.0 Å². The van der Waals surface area contributed by atoms with Crippen molar-refractivity contribution in [1.29, 1.82) is 0 Å². The second-order valence-electron chi connectivity index (χ2n) is 9.06. The van der Waals surface area contributed by atoms with Gasteiger partial charge in [-0.2, -0.15) is 0 Å². The fraction of sp³-hybridized carbons (Fsp3) is 0.385. The Bertz CT molecular complexity index is 1160. The lowest BCUT2D eigenvalue weighted by Gasteiger charge is -2.35. The van der Waals surface area contributed by atoms with Gasteiger partial charge >= 0.3 is 0 Å². The van der Waals surface area contributed by atoms with Gasteiger partial charge in [0.25, 0.3) is 5.91 Å². The molecule has 1 amide bonds. The van der Waals surface area contributed by atoms with E-state index in [4.69, 9.17) is 14.2 Å². The van der Waals surface area contributed by atoms with E-state index in [-0.39, 0.29) is 12.0 Å². The van der Waals surface area contributed by atoms with E-state index in [0.29, 0.717) is 23.2 Å². The van der Waals surface area contributed by atoms with Gasteiger partial charge in [-0.1, -0.05) is 6.07 Å². The van der Waals surface area contributed by atoms with Crippen molar-refractivity contribution < 1.29 is 19.0 Å². The van der Waals surface area contributed by atoms with Gasteiger partial charge in [0.05, 0.1) is 6.10 Å². The number of ether oxygens (including phenoxy) is 3. The quantitative estimate of drug-likeness (QED) is 0.502. The molecule has 3 heterocycles. The average molecular weight is 495 g/mol. The van der Waals surface area contributed by atoms with Gasteiger partial charge in [-0.15, -0.1) is 11.3 Å². The number of piperazine rings is 1. The van der Waals surface area contributed by atoms with Gasteiger partial charge in [-0.3, -0.25) is 19.9 Å². The number of carbonyl (C=O) groups excluding carboxylic acids is 1. The van der Waals surface area contributed by atoms with E-state index in [1.165, 1.54) is 16.9 Å². The molecule has 0 aliphatic carbocycles. The summed E-state index contributed by atoms with van der Waals surface area (Å²) in [5.74, 6) is 2.19. The number of fused-ring (bicyclic) bond motifs is 1. The Hall–Kier alpha value is -3.14. The van der Waals surface area contributed by atoms with Crippen LogP contribution in [-0.4, -0.2) is 59.8 Å². The Morgan fingerprint density at radius 2 is 1.77 bits per heavy atom. The van der Waals surface area contributed by atoms with Crippen molar-refractivity contribution in [2.75, 3.05) is 38.3 Å². The molecule has 184 valence electrons. The predicted octanol–water partition coefficient (Wildman–Crippen LogP) is 4.23. The van der Waals surface area contributed by atoms with Crippen LogP contribution in [0.5, 0.6) is 17.2 Å². The van der Waals surface area contributed by atoms with Crippen molar-refractivity contribution in [3.63, 3.8) is 0 Å². The smallest absolute Gasteiger partial charge is 0.257 e. The number of thiazole rings is 1. The summed E-state index contributed by atoms with van der Waals surface area (Å²) in [6.45, 7) is 9.81. The van der Waals surface area contributed by atoms with Gasteiger partial charge in [0.2, 0.25) is 6.79 Å². The lowest BCUT2D eigenvalue weighted by atomic mass is 10.1. The van der Waals surface area contributed by atoms with Gasteiger partial charge < -0.3 is 14.2 Å². The van der Waals surface area contributed by atoms with Gasteiger partial charge in [0.15, 0.2) is 16.6 Å². The summed E-state index contributed by atoms with van der Waals surface area (Å²) in [7, 11) is 0. The zero-order chi connectivity index (χ0) is 24.2. The van der Waals surface area contributed by atoms with Crippen molar-refractivity contribution in [3.05, 3.63) is 64.7 Å². The number of anilines is 1. The standard InChI is InChI=1S/C26H30N4O4S/c1-18(2)34-22-12-20(11-21(14-22)25(31)28-26-27-5-10-35-26)16-30-8-6-29(7-9-30)15-19-3-4-23-24(13-19)33-17-32-23/h3-5,10-14,18H,6-9,15-17H2,1-2H3,(H,27,28,31). The maximum absolute atomic E-state index is 12.8. The van der Waals surface area contributed by atoms with Crippen LogP contribution in [0.4, 0.5) is 5.13 Å². The summed E-state index contributed by atoms with van der Waals surface area (Å²) in [5.41, 5.74) is 2.88. The van der Waals surface area contributed by atoms with E-state index in [0.717, 1.165) is 56.3 Å². The van der Waals surface area contributed by atoms with Crippen molar-refractivity contribution in [2.45, 2.75) is 33.0 Å². The first kappa shape index (κ1) is 23.6. The molecule has 35 heavy (non-hydrogen) atoms. The number of rotatable bonds is 8. The number of benzene rings is 2. The van der Waals surface area contributed by atoms with Gasteiger partial charge in [0.1, 0.15) is 5.75 Å². The minimum absolute atomic E-state index is 0.0276. The number of nitrogens with one attached hydrogen (secondary N) is 1. The highest BCUT2D eigenvalue weighted by Gasteiger charge is 2.20. The van der Waals surface area contributed by atoms with Crippen LogP contribution < -0.4 is 19.5 Å². The fourth-order valence-corrected chi connectivity index (χ4v) is 4.86. The Morgan fingerprint density at radius 3 is 2.49 bits per heavy atom. The molecular formula is C26H30N4O4S. The summed E-state index contributed by atoms with van der Waals surface area (Å²) in [4.78, 5) is 21.9. The van der Waals surface area contributed by atoms with E-state index in [2.05, 4.69) is 32.2 Å². The highest BCUT2D eigenvalue weighted by atomic mass is 32.1. The third kappa shape index (κ3) is 6.11. The van der Waals surface area contributed by atoms with Crippen molar-refractivity contribution >= 4 is 22.4 Å². The zero-order valence-electron chi connectivity index (χ0n) is 20.0. The molecule has 1 fully saturated rings. The highest BCUT2D eigenvalue weighted by molar-refractivity contribution is 7.13. The first-order chi connectivity index (χ1) is 17.0. The molecule has 0 spiro atoms. The summed E-state index contributed by atoms with van der Waals surface area (Å²) in [5, 5.41) is 5.30. The molecule has 1 aromatic heterocycles. The van der Waals surface area contributed by atoms with E-state index in [1.807, 2.05) is 37.4 Å². The topological polar surface area (TPSA) is 76.2 Å². The second kappa shape index (κ2) is 10.6. The van der Waals surface area contributed by atoms with E-state index in [1.54, 1.807) is 12.3 Å². The molecule has 0 radical (unpaired) electrons. The van der Waals surface area contributed by atoms with E-state index in [9.17, 15) is 4.79 Å². The number of amides is 1. The van der Waals surface area contributed by atoms with Crippen molar-refractivity contribution in [1.82, 2.24) is 14.8 Å². The third-order valence-electron chi connectivity index (χ3n) is 5.97. The minimum Gasteiger partial charge on any atom is -0.491 e. The number of hydrogen-bond acceptors (Lipinski definition) is 8. The lowest BCUT2D eigenvalue weighted by molar-refractivity contribution is 0.102. The molecule has 0 saturated carbocycles. The first-order valence-electron chi connectivity index (χ1n) is 11.9. The predicted molar refractivity (Wildman–Crippen MR) is 135 cm³/mol. The summed E-state index contributed by atoms with van der Waals surface area (Å²) < 4.78 is 16.9. The Labute approximate surface area is 209 Å². The van der Waals surface area contributed by atoms with Gasteiger partial charge in [-0.25, -0.2) is 4.98 Å². The fourth-order valence-electron chi connectivity index (χ4n) is 4.34. The van der Waals surface area contributed by atoms with Crippen LogP contribution in [0.2, 0.25) is 0 Å². The average Bonchev–Trinajstić information content (AvgIpc) is 3.51. The largest absolute Gasteiger partial charge is 0.491 e. The van der Waals surface area contributed by atoms with Crippen LogP contribution in [-0.2, 0) is 13.1 Å². The monoisotopic (exact) mass is 494 g/mol. The molecule has 8 nitrogen and oxygen atoms in total. The van der Waals surface area contributed by atoms with Crippen LogP contribution >= 0.6 is 11.3 Å². The molecule has 2 aliphatic rings. The normalized spacial score (nSPS) is 16.0. The first-order valence-corrected chi connectivity index (χ1v) is 12.7. The number of hydrogen-bond donors (Lipinski definition) is 1. The molecule has 9 heteroatoms. The molecule has 1 N–H and O–H groups in total. The summed E-state index contributed by atoms with van der Waals surface area (Å²) >= 11 is 1.40. The highest BCUT2D eigenvalue weighted by Crippen LogP contribution is 2.33. The van der Waals surface area contributed by atoms with Crippen LogP contribution in [0.25, 0.3) is 0 Å². The summed E-state index contributed by atoms with van der Waals surface area (Å²) in [6.07, 6.45) is 1.70. The number of carbonyl (C=O) groups is 1. The number of nitrogens with zero attached hydrogens (tertiary/aromatic N) is 3. The Kier molecular flexibility index (Phi) is 7.17. The van der Waals surface area contributed by atoms with Crippen LogP contribution in [0.1, 0.15) is 35.3 Å². The summed E-state index contributed by atoms with van der Waals surface area (Å²) in [6, 6.07) is 12.0. The number of aromatic nitrogens is 1. The maximum atomic E-state index is 12.8. The van der Waals surface area contributed by atoms with Crippen LogP contribution in [0.3, 0.4) is 0 Å². The van der Waals surface area contributed by atoms with Crippen molar-refractivity contribution in [2.24, 2.45) is 0 Å². The molecule has 5 rings (SSSR count). The second-order valence-corrected chi connectivity index (χ2v) is 9.96. The molecule has 1 saturated heterocycles. The minimum atomic E-state index is -0.177. The Morgan fingerprint density at radius 1 is 1.03 bits per heavy atom. The molecule has 3 aromatic rings. The van der Waals surface area contributed by atoms with Crippen LogP contribution in [0, 0.1) is 0 Å². The molecule has 0 unspecified atom stereocenters. The van der Waals surface area contributed by atoms with Crippen molar-refractivity contribution in [3.8, 4) is 17.2 Å². The third-order valence-corrected chi connectivity index (χ3v) is 6.66. The molecule has 0 bridgehead atoms. The molecule has 0 atom stereocenters. The molecule has 2 aliphatic heterocycles.